The number of aromatic amines is 1. The van der Waals surface area contributed by atoms with Crippen molar-refractivity contribution in [3.8, 4) is 0 Å². The number of aromatic nitrogens is 2. The molecule has 0 aromatic carbocycles. The molecular formula is C12H17FN2NaO8P. The van der Waals surface area contributed by atoms with Crippen LogP contribution in [0.2, 0.25) is 0 Å². The molecule has 25 heavy (non-hydrogen) atoms. The Labute approximate surface area is 163 Å². The maximum atomic E-state index is 13.3. The Bertz CT molecular complexity index is 755. The number of hydrogen-bond donors (Lipinski definition) is 3. The number of nitrogens with zero attached hydrogens (tertiary/aromatic N) is 1. The van der Waals surface area contributed by atoms with E-state index in [2.05, 4.69) is 0 Å². The van der Waals surface area contributed by atoms with Gasteiger partial charge >= 0.3 is 35.2 Å². The predicted molar refractivity (Wildman–Crippen MR) is 75.9 cm³/mol. The molecule has 10 nitrogen and oxygen atoms in total. The Morgan fingerprint density at radius 2 is 2.08 bits per heavy atom. The molecule has 1 fully saturated rings. The molecule has 1 aromatic heterocycles. The largest absolute Gasteiger partial charge is 1.00 e. The fraction of sp³-hybridized carbons (Fsp3) is 0.667. The summed E-state index contributed by atoms with van der Waals surface area (Å²) in [5.74, 6) is -1.29. The quantitative estimate of drug-likeness (QED) is 0.323. The summed E-state index contributed by atoms with van der Waals surface area (Å²) < 4.78 is 35.3. The average molecular weight is 390 g/mol. The van der Waals surface area contributed by atoms with E-state index < -0.39 is 55.8 Å². The van der Waals surface area contributed by atoms with Crippen molar-refractivity contribution in [2.75, 3.05) is 12.8 Å². The third kappa shape index (κ3) is 5.31. The van der Waals surface area contributed by atoms with Crippen LogP contribution in [-0.2, 0) is 13.8 Å². The maximum absolute atomic E-state index is 13.3. The second-order valence-electron chi connectivity index (χ2n) is 5.32. The minimum absolute atomic E-state index is 0. The minimum Gasteiger partial charge on any atom is -0.778 e. The number of nitrogens with one attached hydrogen (secondary N) is 1. The Kier molecular flexibility index (Phi) is 8.19. The molecule has 0 saturated carbocycles. The van der Waals surface area contributed by atoms with Gasteiger partial charge in [0.25, 0.3) is 5.56 Å². The van der Waals surface area contributed by atoms with E-state index in [1.165, 1.54) is 0 Å². The van der Waals surface area contributed by atoms with Crippen LogP contribution in [0, 0.1) is 5.82 Å². The molecule has 1 unspecified atom stereocenters. The number of aliphatic hydroxyl groups is 2. The first kappa shape index (κ1) is 22.7. The molecule has 0 bridgehead atoms. The number of ether oxygens (including phenoxy) is 1. The van der Waals surface area contributed by atoms with Crippen LogP contribution in [0.5, 0.6) is 0 Å². The third-order valence-corrected chi connectivity index (χ3v) is 5.01. The van der Waals surface area contributed by atoms with Crippen LogP contribution in [0.1, 0.15) is 19.6 Å². The number of H-pyrrole nitrogens is 1. The summed E-state index contributed by atoms with van der Waals surface area (Å²) in [6.07, 6.45) is -5.33. The molecule has 0 radical (unpaired) electrons. The van der Waals surface area contributed by atoms with E-state index >= 15 is 0 Å². The van der Waals surface area contributed by atoms with Crippen molar-refractivity contribution in [3.63, 3.8) is 0 Å². The summed E-state index contributed by atoms with van der Waals surface area (Å²) in [6.45, 7) is 1.07. The Morgan fingerprint density at radius 3 is 2.68 bits per heavy atom. The van der Waals surface area contributed by atoms with E-state index in [-0.39, 0.29) is 35.7 Å². The molecule has 5 atom stereocenters. The topological polar surface area (TPSA) is 154 Å². The van der Waals surface area contributed by atoms with Crippen molar-refractivity contribution in [2.24, 2.45) is 0 Å². The first-order chi connectivity index (χ1) is 11.2. The normalized spacial score (nSPS) is 28.4. The molecular weight excluding hydrogens is 373 g/mol. The Morgan fingerprint density at radius 1 is 1.44 bits per heavy atom. The monoisotopic (exact) mass is 390 g/mol. The van der Waals surface area contributed by atoms with E-state index in [1.807, 2.05) is 0 Å². The zero-order chi connectivity index (χ0) is 18.1. The molecule has 1 aliphatic rings. The molecule has 13 heteroatoms. The summed E-state index contributed by atoms with van der Waals surface area (Å²) in [5.41, 5.74) is -2.30. The Hall–Kier alpha value is -0.360. The van der Waals surface area contributed by atoms with Crippen molar-refractivity contribution < 1.29 is 62.9 Å². The van der Waals surface area contributed by atoms with Crippen LogP contribution in [-0.4, -0.2) is 50.8 Å². The second-order valence-corrected chi connectivity index (χ2v) is 7.25. The fourth-order valence-electron chi connectivity index (χ4n) is 2.27. The SMILES string of the molecule is CCCP(=O)([O-])OC[C@H]1O[C@@H](n2cc(F)c(=O)[nH]c2=O)[C@H](O)[C@@H]1O.[Na+]. The van der Waals surface area contributed by atoms with Crippen LogP contribution in [0.4, 0.5) is 4.39 Å². The molecule has 2 heterocycles. The standard InChI is InChI=1S/C12H18FN2O8P.Na/c1-2-3-24(20,21)22-5-7-8(16)9(17)11(23-7)15-4-6(13)10(18)14-12(15)19;/h4,7-9,11,16-17H,2-3,5H2,1H3,(H,20,21)(H,14,18,19);/q;+1/p-1/t7-,8-,9-,11-;/m1./s1. The predicted octanol–water partition coefficient (Wildman–Crippen LogP) is -4.72. The molecule has 0 spiro atoms. The zero-order valence-corrected chi connectivity index (χ0v) is 16.5. The summed E-state index contributed by atoms with van der Waals surface area (Å²) in [6, 6.07) is 0. The van der Waals surface area contributed by atoms with Gasteiger partial charge in [0.2, 0.25) is 5.82 Å². The van der Waals surface area contributed by atoms with Gasteiger partial charge in [-0.15, -0.1) is 0 Å². The maximum Gasteiger partial charge on any atom is 1.00 e. The van der Waals surface area contributed by atoms with Crippen molar-refractivity contribution in [1.82, 2.24) is 9.55 Å². The van der Waals surface area contributed by atoms with Gasteiger partial charge in [-0.1, -0.05) is 6.92 Å². The van der Waals surface area contributed by atoms with E-state index in [0.717, 1.165) is 0 Å². The minimum atomic E-state index is -4.11. The molecule has 3 N–H and O–H groups in total. The van der Waals surface area contributed by atoms with E-state index in [9.17, 15) is 33.7 Å². The molecule has 2 rings (SSSR count). The summed E-state index contributed by atoms with van der Waals surface area (Å²) in [4.78, 5) is 35.9. The van der Waals surface area contributed by atoms with Gasteiger partial charge in [-0.25, -0.2) is 4.79 Å². The second kappa shape index (κ2) is 9.03. The smallest absolute Gasteiger partial charge is 0.778 e. The van der Waals surface area contributed by atoms with Crippen LogP contribution in [0.25, 0.3) is 0 Å². The molecule has 1 aliphatic heterocycles. The van der Waals surface area contributed by atoms with Gasteiger partial charge in [-0.2, -0.15) is 4.39 Å². The summed E-state index contributed by atoms with van der Waals surface area (Å²) in [5, 5.41) is 19.8. The number of halogens is 1. The number of rotatable bonds is 6. The molecule has 136 valence electrons. The summed E-state index contributed by atoms with van der Waals surface area (Å²) >= 11 is 0. The van der Waals surface area contributed by atoms with Gasteiger partial charge in [0, 0.05) is 6.16 Å². The molecule has 0 amide bonds. The van der Waals surface area contributed by atoms with E-state index in [4.69, 9.17) is 9.26 Å². The van der Waals surface area contributed by atoms with Gasteiger partial charge in [0.05, 0.1) is 12.8 Å². The van der Waals surface area contributed by atoms with Gasteiger partial charge in [0.15, 0.2) is 6.23 Å². The van der Waals surface area contributed by atoms with E-state index in [0.29, 0.717) is 17.2 Å². The number of hydrogen-bond acceptors (Lipinski definition) is 8. The molecule has 1 aromatic rings. The van der Waals surface area contributed by atoms with Gasteiger partial charge in [-0.3, -0.25) is 14.3 Å². The van der Waals surface area contributed by atoms with Gasteiger partial charge in [0.1, 0.15) is 25.9 Å². The van der Waals surface area contributed by atoms with Crippen LogP contribution in [0.15, 0.2) is 15.8 Å². The first-order valence-electron chi connectivity index (χ1n) is 7.13. The van der Waals surface area contributed by atoms with Crippen LogP contribution >= 0.6 is 7.60 Å². The fourth-order valence-corrected chi connectivity index (χ4v) is 3.32. The van der Waals surface area contributed by atoms with Crippen molar-refractivity contribution in [2.45, 2.75) is 37.9 Å². The Balaban J connectivity index is 0.00000312. The van der Waals surface area contributed by atoms with Gasteiger partial charge < -0.3 is 28.9 Å². The molecule has 0 aliphatic carbocycles. The van der Waals surface area contributed by atoms with E-state index in [1.54, 1.807) is 11.9 Å². The first-order valence-corrected chi connectivity index (χ1v) is 8.86. The van der Waals surface area contributed by atoms with Crippen molar-refractivity contribution in [3.05, 3.63) is 32.9 Å². The third-order valence-electron chi connectivity index (χ3n) is 3.47. The van der Waals surface area contributed by atoms with Crippen LogP contribution in [0.3, 0.4) is 0 Å². The van der Waals surface area contributed by atoms with Crippen LogP contribution < -0.4 is 45.7 Å². The van der Waals surface area contributed by atoms with Crippen molar-refractivity contribution >= 4 is 7.60 Å². The average Bonchev–Trinajstić information content (AvgIpc) is 2.77. The number of aliphatic hydroxyl groups excluding tert-OH is 2. The zero-order valence-electron chi connectivity index (χ0n) is 13.6. The van der Waals surface area contributed by atoms with Crippen molar-refractivity contribution in [1.29, 1.82) is 0 Å². The van der Waals surface area contributed by atoms with Gasteiger partial charge in [-0.05, 0) is 6.42 Å². The molecule has 1 saturated heterocycles. The summed E-state index contributed by atoms with van der Waals surface area (Å²) in [7, 11) is -4.11.